The monoisotopic (exact) mass is 236 g/mol. The van der Waals surface area contributed by atoms with Gasteiger partial charge in [0.1, 0.15) is 11.9 Å². The van der Waals surface area contributed by atoms with Crippen molar-refractivity contribution in [3.05, 3.63) is 28.8 Å². The van der Waals surface area contributed by atoms with Gasteiger partial charge in [-0.05, 0) is 18.6 Å². The number of para-hydroxylation sites is 1. The van der Waals surface area contributed by atoms with Crippen LogP contribution in [0.3, 0.4) is 0 Å². The first-order valence-corrected chi connectivity index (χ1v) is 4.41. The van der Waals surface area contributed by atoms with Gasteiger partial charge in [-0.15, -0.1) is 0 Å². The SMILES string of the molecule is CC(=O)O.Cc1cccc(Cl)c1OCl. The Morgan fingerprint density at radius 1 is 1.50 bits per heavy atom. The van der Waals surface area contributed by atoms with Gasteiger partial charge in [-0.3, -0.25) is 4.79 Å². The van der Waals surface area contributed by atoms with E-state index in [2.05, 4.69) is 4.29 Å². The maximum atomic E-state index is 9.00. The molecule has 0 saturated heterocycles. The minimum absolute atomic E-state index is 0.533. The molecule has 0 aliphatic heterocycles. The lowest BCUT2D eigenvalue weighted by Gasteiger charge is -2.01. The van der Waals surface area contributed by atoms with E-state index in [1.54, 1.807) is 6.07 Å². The van der Waals surface area contributed by atoms with Gasteiger partial charge >= 0.3 is 0 Å². The molecule has 0 saturated carbocycles. The van der Waals surface area contributed by atoms with Crippen LogP contribution in [0, 0.1) is 6.92 Å². The molecule has 0 bridgehead atoms. The molecule has 1 aromatic carbocycles. The van der Waals surface area contributed by atoms with Crippen LogP contribution in [0.25, 0.3) is 0 Å². The fourth-order valence-electron chi connectivity index (χ4n) is 0.714. The molecule has 0 radical (unpaired) electrons. The molecule has 0 heterocycles. The van der Waals surface area contributed by atoms with E-state index in [4.69, 9.17) is 33.4 Å². The molecule has 78 valence electrons. The summed E-state index contributed by atoms with van der Waals surface area (Å²) in [6, 6.07) is 5.45. The molecule has 0 spiro atoms. The first kappa shape index (κ1) is 13.1. The van der Waals surface area contributed by atoms with Crippen LogP contribution in [0.15, 0.2) is 18.2 Å². The molecular weight excluding hydrogens is 227 g/mol. The van der Waals surface area contributed by atoms with Gasteiger partial charge in [0.25, 0.3) is 5.97 Å². The third kappa shape index (κ3) is 4.94. The second-order valence-corrected chi connectivity index (χ2v) is 3.04. The Morgan fingerprint density at radius 2 is 2.00 bits per heavy atom. The summed E-state index contributed by atoms with van der Waals surface area (Å²) in [6.07, 6.45) is 0. The van der Waals surface area contributed by atoms with E-state index < -0.39 is 5.97 Å². The van der Waals surface area contributed by atoms with Gasteiger partial charge in [0.15, 0.2) is 5.75 Å². The number of carboxylic acids is 1. The van der Waals surface area contributed by atoms with Gasteiger partial charge < -0.3 is 9.40 Å². The number of carbonyl (C=O) groups is 1. The molecule has 3 nitrogen and oxygen atoms in total. The van der Waals surface area contributed by atoms with Crippen LogP contribution in [0.4, 0.5) is 0 Å². The van der Waals surface area contributed by atoms with Gasteiger partial charge in [0, 0.05) is 6.92 Å². The van der Waals surface area contributed by atoms with Crippen molar-refractivity contribution in [3.8, 4) is 5.75 Å². The quantitative estimate of drug-likeness (QED) is 0.815. The van der Waals surface area contributed by atoms with Crippen LogP contribution >= 0.6 is 23.5 Å². The summed E-state index contributed by atoms with van der Waals surface area (Å²) in [7, 11) is 0. The van der Waals surface area contributed by atoms with Crippen molar-refractivity contribution in [1.82, 2.24) is 0 Å². The standard InChI is InChI=1S/C7H6Cl2O.C2H4O2/c1-5-3-2-4-6(8)7(5)10-9;1-2(3)4/h2-4H,1H3;1H3,(H,3,4). The van der Waals surface area contributed by atoms with E-state index >= 15 is 0 Å². The van der Waals surface area contributed by atoms with Crippen LogP contribution in [0.2, 0.25) is 5.02 Å². The molecule has 0 amide bonds. The van der Waals surface area contributed by atoms with Crippen molar-refractivity contribution >= 4 is 29.4 Å². The molecule has 14 heavy (non-hydrogen) atoms. The molecule has 0 aliphatic carbocycles. The largest absolute Gasteiger partial charge is 0.481 e. The van der Waals surface area contributed by atoms with Crippen molar-refractivity contribution in [3.63, 3.8) is 0 Å². The molecule has 0 atom stereocenters. The predicted octanol–water partition coefficient (Wildman–Crippen LogP) is 3.27. The Bertz CT molecular complexity index is 289. The summed E-state index contributed by atoms with van der Waals surface area (Å²) in [4.78, 5) is 9.00. The lowest BCUT2D eigenvalue weighted by Crippen LogP contribution is -1.80. The van der Waals surface area contributed by atoms with Crippen LogP contribution in [0.5, 0.6) is 5.75 Å². The summed E-state index contributed by atoms with van der Waals surface area (Å²) in [6.45, 7) is 2.96. The zero-order chi connectivity index (χ0) is 11.1. The smallest absolute Gasteiger partial charge is 0.300 e. The number of benzene rings is 1. The Labute approximate surface area is 92.4 Å². The highest BCUT2D eigenvalue weighted by Gasteiger charge is 2.02. The third-order valence-corrected chi connectivity index (χ3v) is 1.69. The molecule has 0 aromatic heterocycles. The molecule has 5 heteroatoms. The summed E-state index contributed by atoms with van der Waals surface area (Å²) >= 11 is 10.9. The molecule has 0 fully saturated rings. The topological polar surface area (TPSA) is 46.5 Å². The highest BCUT2D eigenvalue weighted by molar-refractivity contribution is 6.32. The van der Waals surface area contributed by atoms with E-state index in [0.717, 1.165) is 12.5 Å². The molecule has 0 aliphatic rings. The van der Waals surface area contributed by atoms with Crippen LogP contribution in [0.1, 0.15) is 12.5 Å². The summed E-state index contributed by atoms with van der Waals surface area (Å²) < 4.78 is 4.52. The third-order valence-electron chi connectivity index (χ3n) is 1.24. The second kappa shape index (κ2) is 6.51. The average Bonchev–Trinajstić information content (AvgIpc) is 2.03. The van der Waals surface area contributed by atoms with E-state index in [-0.39, 0.29) is 0 Å². The highest BCUT2D eigenvalue weighted by atomic mass is 35.5. The summed E-state index contributed by atoms with van der Waals surface area (Å²) in [5.41, 5.74) is 0.933. The fraction of sp³-hybridized carbons (Fsp3) is 0.222. The summed E-state index contributed by atoms with van der Waals surface area (Å²) in [5, 5.41) is 7.95. The lowest BCUT2D eigenvalue weighted by molar-refractivity contribution is -0.134. The van der Waals surface area contributed by atoms with Crippen molar-refractivity contribution in [2.24, 2.45) is 0 Å². The van der Waals surface area contributed by atoms with Crippen LogP contribution in [-0.4, -0.2) is 11.1 Å². The van der Waals surface area contributed by atoms with Gasteiger partial charge in [0.05, 0.1) is 5.02 Å². The van der Waals surface area contributed by atoms with E-state index in [0.29, 0.717) is 10.8 Å². The van der Waals surface area contributed by atoms with Crippen molar-refractivity contribution < 1.29 is 14.2 Å². The number of hydrogen-bond donors (Lipinski definition) is 1. The fourth-order valence-corrected chi connectivity index (χ4v) is 1.22. The lowest BCUT2D eigenvalue weighted by atomic mass is 10.2. The van der Waals surface area contributed by atoms with E-state index in [9.17, 15) is 0 Å². The number of rotatable bonds is 1. The van der Waals surface area contributed by atoms with Crippen molar-refractivity contribution in [1.29, 1.82) is 0 Å². The van der Waals surface area contributed by atoms with Crippen molar-refractivity contribution in [2.45, 2.75) is 13.8 Å². The summed E-state index contributed by atoms with van der Waals surface area (Å²) in [5.74, 6) is -0.300. The normalized spacial score (nSPS) is 8.57. The molecule has 0 unspecified atom stereocenters. The van der Waals surface area contributed by atoms with Gasteiger partial charge in [-0.2, -0.15) is 0 Å². The first-order valence-electron chi connectivity index (χ1n) is 3.72. The van der Waals surface area contributed by atoms with E-state index in [1.165, 1.54) is 0 Å². The predicted molar refractivity (Wildman–Crippen MR) is 56.0 cm³/mol. The number of aryl methyl sites for hydroxylation is 1. The molecule has 1 rings (SSSR count). The van der Waals surface area contributed by atoms with Crippen LogP contribution in [-0.2, 0) is 4.79 Å². The number of hydrogen-bond acceptors (Lipinski definition) is 2. The Kier molecular flexibility index (Phi) is 6.08. The Hall–Kier alpha value is -0.930. The second-order valence-electron chi connectivity index (χ2n) is 2.48. The number of halogens is 2. The van der Waals surface area contributed by atoms with Gasteiger partial charge in [-0.25, -0.2) is 0 Å². The maximum absolute atomic E-state index is 9.00. The zero-order valence-corrected chi connectivity index (χ0v) is 9.26. The van der Waals surface area contributed by atoms with Gasteiger partial charge in [-0.1, -0.05) is 23.7 Å². The highest BCUT2D eigenvalue weighted by Crippen LogP contribution is 2.28. The minimum atomic E-state index is -0.833. The number of aliphatic carboxylic acids is 1. The van der Waals surface area contributed by atoms with Crippen LogP contribution < -0.4 is 4.29 Å². The molecule has 1 N–H and O–H groups in total. The first-order chi connectivity index (χ1) is 6.49. The van der Waals surface area contributed by atoms with Crippen molar-refractivity contribution in [2.75, 3.05) is 0 Å². The van der Waals surface area contributed by atoms with Gasteiger partial charge in [0.2, 0.25) is 0 Å². The molecule has 1 aromatic rings. The minimum Gasteiger partial charge on any atom is -0.481 e. The Balaban J connectivity index is 0.000000364. The maximum Gasteiger partial charge on any atom is 0.300 e. The van der Waals surface area contributed by atoms with E-state index in [1.807, 2.05) is 19.1 Å². The molecular formula is C9H10Cl2O3. The Morgan fingerprint density at radius 3 is 2.29 bits per heavy atom. The zero-order valence-electron chi connectivity index (χ0n) is 7.75. The average molecular weight is 237 g/mol. The number of carboxylic acid groups (broad SMARTS) is 1.